The zero-order chi connectivity index (χ0) is 18.3. The van der Waals surface area contributed by atoms with Gasteiger partial charge in [-0.1, -0.05) is 31.2 Å². The molecule has 1 amide bonds. The quantitative estimate of drug-likeness (QED) is 0.891. The van der Waals surface area contributed by atoms with Gasteiger partial charge in [0, 0.05) is 30.3 Å². The van der Waals surface area contributed by atoms with Crippen molar-refractivity contribution in [2.24, 2.45) is 11.8 Å². The van der Waals surface area contributed by atoms with Crippen LogP contribution >= 0.6 is 0 Å². The Morgan fingerprint density at radius 2 is 1.96 bits per heavy atom. The maximum atomic E-state index is 12.5. The second-order valence-corrected chi connectivity index (χ2v) is 7.45. The van der Waals surface area contributed by atoms with E-state index < -0.39 is 0 Å². The molecular formula is C22H23N3O. The van der Waals surface area contributed by atoms with Gasteiger partial charge in [-0.3, -0.25) is 4.79 Å². The van der Waals surface area contributed by atoms with Gasteiger partial charge in [0.05, 0.1) is 17.7 Å². The highest BCUT2D eigenvalue weighted by Crippen LogP contribution is 2.49. The smallest absolute Gasteiger partial charge is 0.224 e. The Labute approximate surface area is 154 Å². The van der Waals surface area contributed by atoms with E-state index in [2.05, 4.69) is 30.4 Å². The van der Waals surface area contributed by atoms with E-state index in [1.165, 1.54) is 12.8 Å². The summed E-state index contributed by atoms with van der Waals surface area (Å²) in [6.45, 7) is 3.91. The topological polar surface area (TPSA) is 56.1 Å². The number of anilines is 2. The molecule has 4 rings (SSSR count). The minimum Gasteiger partial charge on any atom is -0.378 e. The van der Waals surface area contributed by atoms with Gasteiger partial charge in [-0.2, -0.15) is 5.26 Å². The maximum Gasteiger partial charge on any atom is 0.224 e. The molecule has 26 heavy (non-hydrogen) atoms. The van der Waals surface area contributed by atoms with Gasteiger partial charge in [0.15, 0.2) is 0 Å². The highest BCUT2D eigenvalue weighted by molar-refractivity contribution is 5.94. The molecule has 1 aliphatic carbocycles. The molecule has 4 nitrogen and oxygen atoms in total. The molecule has 2 aliphatic rings. The van der Waals surface area contributed by atoms with Crippen molar-refractivity contribution in [3.05, 3.63) is 59.7 Å². The summed E-state index contributed by atoms with van der Waals surface area (Å²) in [5, 5.41) is 12.8. The molecule has 1 heterocycles. The van der Waals surface area contributed by atoms with Gasteiger partial charge < -0.3 is 10.2 Å². The summed E-state index contributed by atoms with van der Waals surface area (Å²) in [6.07, 6.45) is 2.38. The second-order valence-electron chi connectivity index (χ2n) is 7.45. The maximum absolute atomic E-state index is 12.5. The number of nitrogens with zero attached hydrogens (tertiary/aromatic N) is 2. The van der Waals surface area contributed by atoms with Gasteiger partial charge in [0.2, 0.25) is 5.91 Å². The number of carbonyl (C=O) groups excluding carboxylic acids is 1. The fraction of sp³-hybridized carbons (Fsp3) is 0.364. The Bertz CT molecular complexity index is 881. The van der Waals surface area contributed by atoms with Gasteiger partial charge in [-0.15, -0.1) is 0 Å². The van der Waals surface area contributed by atoms with E-state index >= 15 is 0 Å². The number of amides is 1. The molecule has 0 bridgehead atoms. The van der Waals surface area contributed by atoms with Gasteiger partial charge >= 0.3 is 0 Å². The number of para-hydroxylation sites is 1. The largest absolute Gasteiger partial charge is 0.378 e. The van der Waals surface area contributed by atoms with E-state index in [9.17, 15) is 10.1 Å². The normalized spacial score (nSPS) is 24.5. The number of hydrogen-bond acceptors (Lipinski definition) is 3. The molecule has 1 fully saturated rings. The summed E-state index contributed by atoms with van der Waals surface area (Å²) >= 11 is 0. The third kappa shape index (κ3) is 2.84. The first-order chi connectivity index (χ1) is 12.6. The van der Waals surface area contributed by atoms with Crippen molar-refractivity contribution < 1.29 is 4.79 Å². The van der Waals surface area contributed by atoms with Crippen molar-refractivity contribution in [1.29, 1.82) is 5.26 Å². The van der Waals surface area contributed by atoms with Crippen molar-refractivity contribution in [1.82, 2.24) is 0 Å². The fourth-order valence-corrected chi connectivity index (χ4v) is 4.37. The molecule has 0 radical (unpaired) electrons. The van der Waals surface area contributed by atoms with Crippen LogP contribution in [0.1, 0.15) is 43.9 Å². The number of fused-ring (bicyclic) bond motifs is 1. The Hall–Kier alpha value is -2.80. The lowest BCUT2D eigenvalue weighted by atomic mass is 9.80. The van der Waals surface area contributed by atoms with Crippen LogP contribution in [-0.2, 0) is 4.79 Å². The predicted molar refractivity (Wildman–Crippen MR) is 103 cm³/mol. The summed E-state index contributed by atoms with van der Waals surface area (Å²) in [5.41, 5.74) is 3.76. The fourth-order valence-electron chi connectivity index (χ4n) is 4.37. The number of nitrogens with one attached hydrogen (secondary N) is 1. The highest BCUT2D eigenvalue weighted by atomic mass is 16.2. The van der Waals surface area contributed by atoms with Crippen LogP contribution in [0.15, 0.2) is 48.5 Å². The van der Waals surface area contributed by atoms with Gasteiger partial charge in [0.25, 0.3) is 0 Å². The van der Waals surface area contributed by atoms with Crippen LogP contribution in [0.4, 0.5) is 11.4 Å². The summed E-state index contributed by atoms with van der Waals surface area (Å²) in [5.74, 6) is 0.982. The van der Waals surface area contributed by atoms with Crippen molar-refractivity contribution in [3.8, 4) is 6.07 Å². The SMILES string of the molecule is CC(=O)N1c2ccccc2C(Nc2cccc(C#N)c2)C(C)[C@@H]1C1CC1. The summed E-state index contributed by atoms with van der Waals surface area (Å²) in [4.78, 5) is 14.5. The lowest BCUT2D eigenvalue weighted by Crippen LogP contribution is -2.51. The van der Waals surface area contributed by atoms with Crippen LogP contribution in [0.3, 0.4) is 0 Å². The highest BCUT2D eigenvalue weighted by Gasteiger charge is 2.47. The third-order valence-corrected chi connectivity index (χ3v) is 5.65. The molecule has 0 aromatic heterocycles. The van der Waals surface area contributed by atoms with Gasteiger partial charge in [0.1, 0.15) is 0 Å². The first-order valence-electron chi connectivity index (χ1n) is 9.25. The number of nitriles is 1. The summed E-state index contributed by atoms with van der Waals surface area (Å²) in [7, 11) is 0. The number of hydrogen-bond donors (Lipinski definition) is 1. The molecule has 4 heteroatoms. The van der Waals surface area contributed by atoms with Crippen LogP contribution in [0.5, 0.6) is 0 Å². The van der Waals surface area contributed by atoms with Crippen LogP contribution in [0, 0.1) is 23.2 Å². The standard InChI is InChI=1S/C22H23N3O/c1-14-21(24-18-7-5-6-16(12-18)13-23)19-8-3-4-9-20(19)25(15(2)26)22(14)17-10-11-17/h3-9,12,14,17,21-22,24H,10-11H2,1-2H3/t14?,21?,22-/m1/s1. The van der Waals surface area contributed by atoms with Crippen molar-refractivity contribution in [3.63, 3.8) is 0 Å². The number of benzene rings is 2. The predicted octanol–water partition coefficient (Wildman–Crippen LogP) is 4.49. The van der Waals surface area contributed by atoms with E-state index in [0.717, 1.165) is 16.9 Å². The van der Waals surface area contributed by atoms with Crippen molar-refractivity contribution >= 4 is 17.3 Å². The second kappa shape index (κ2) is 6.49. The molecule has 132 valence electrons. The molecule has 0 spiro atoms. The third-order valence-electron chi connectivity index (χ3n) is 5.65. The zero-order valence-corrected chi connectivity index (χ0v) is 15.1. The first-order valence-corrected chi connectivity index (χ1v) is 9.25. The van der Waals surface area contributed by atoms with Crippen LogP contribution in [0.25, 0.3) is 0 Å². The number of carbonyl (C=O) groups is 1. The minimum atomic E-state index is 0.112. The number of rotatable bonds is 3. The lowest BCUT2D eigenvalue weighted by Gasteiger charge is -2.46. The average Bonchev–Trinajstić information content (AvgIpc) is 3.48. The average molecular weight is 345 g/mol. The molecule has 1 saturated carbocycles. The van der Waals surface area contributed by atoms with Crippen LogP contribution in [-0.4, -0.2) is 11.9 Å². The van der Waals surface area contributed by atoms with E-state index in [0.29, 0.717) is 11.5 Å². The van der Waals surface area contributed by atoms with Gasteiger partial charge in [-0.05, 0) is 48.6 Å². The minimum absolute atomic E-state index is 0.112. The van der Waals surface area contributed by atoms with E-state index in [1.54, 1.807) is 6.92 Å². The van der Waals surface area contributed by atoms with E-state index in [-0.39, 0.29) is 23.9 Å². The molecular weight excluding hydrogens is 322 g/mol. The van der Waals surface area contributed by atoms with Crippen molar-refractivity contribution in [2.75, 3.05) is 10.2 Å². The Kier molecular flexibility index (Phi) is 4.16. The molecule has 1 aliphatic heterocycles. The van der Waals surface area contributed by atoms with Crippen molar-refractivity contribution in [2.45, 2.75) is 38.8 Å². The zero-order valence-electron chi connectivity index (χ0n) is 15.1. The summed E-state index contributed by atoms with van der Waals surface area (Å²) < 4.78 is 0. The summed E-state index contributed by atoms with van der Waals surface area (Å²) in [6, 6.07) is 18.3. The first kappa shape index (κ1) is 16.7. The van der Waals surface area contributed by atoms with E-state index in [1.807, 2.05) is 41.3 Å². The Balaban J connectivity index is 1.76. The van der Waals surface area contributed by atoms with E-state index in [4.69, 9.17) is 0 Å². The molecule has 3 atom stereocenters. The molecule has 2 aromatic carbocycles. The Morgan fingerprint density at radius 1 is 1.19 bits per heavy atom. The molecule has 2 aromatic rings. The van der Waals surface area contributed by atoms with Crippen LogP contribution in [0.2, 0.25) is 0 Å². The lowest BCUT2D eigenvalue weighted by molar-refractivity contribution is -0.117. The van der Waals surface area contributed by atoms with Gasteiger partial charge in [-0.25, -0.2) is 0 Å². The molecule has 0 saturated heterocycles. The molecule has 1 N–H and O–H groups in total. The molecule has 2 unspecified atom stereocenters. The Morgan fingerprint density at radius 3 is 2.65 bits per heavy atom. The monoisotopic (exact) mass is 345 g/mol. The van der Waals surface area contributed by atoms with Crippen LogP contribution < -0.4 is 10.2 Å².